The number of rotatable bonds is 7. The summed E-state index contributed by atoms with van der Waals surface area (Å²) in [6, 6.07) is 6.18. The molecule has 0 spiro atoms. The minimum absolute atomic E-state index is 0.297. The lowest BCUT2D eigenvalue weighted by Gasteiger charge is -2.23. The average molecular weight is 265 g/mol. The zero-order chi connectivity index (χ0) is 13.5. The predicted molar refractivity (Wildman–Crippen MR) is 75.8 cm³/mol. The molecular weight excluding hydrogens is 242 g/mol. The van der Waals surface area contributed by atoms with Crippen molar-refractivity contribution in [3.63, 3.8) is 0 Å². The summed E-state index contributed by atoms with van der Waals surface area (Å²) in [6.07, 6.45) is 1.99. The Morgan fingerprint density at radius 1 is 1.21 bits per heavy atom. The van der Waals surface area contributed by atoms with Gasteiger partial charge in [-0.25, -0.2) is 0 Å². The molecule has 106 valence electrons. The zero-order valence-electron chi connectivity index (χ0n) is 11.8. The second-order valence-electron chi connectivity index (χ2n) is 4.47. The van der Waals surface area contributed by atoms with Crippen LogP contribution in [0, 0.1) is 0 Å². The molecular formula is C15H23NO3. The van der Waals surface area contributed by atoms with Crippen molar-refractivity contribution in [3.05, 3.63) is 23.8 Å². The lowest BCUT2D eigenvalue weighted by Crippen LogP contribution is -2.25. The molecule has 0 unspecified atom stereocenters. The molecule has 0 bridgehead atoms. The molecule has 1 aromatic carbocycles. The van der Waals surface area contributed by atoms with Crippen LogP contribution in [-0.4, -0.2) is 32.7 Å². The van der Waals surface area contributed by atoms with Gasteiger partial charge in [0.15, 0.2) is 6.29 Å². The summed E-state index contributed by atoms with van der Waals surface area (Å²) >= 11 is 0. The van der Waals surface area contributed by atoms with E-state index in [0.717, 1.165) is 24.4 Å². The Hall–Kier alpha value is -1.26. The molecule has 0 radical (unpaired) electrons. The molecule has 0 saturated heterocycles. The Balaban J connectivity index is 1.98. The van der Waals surface area contributed by atoms with Crippen LogP contribution in [0.3, 0.4) is 0 Å². The van der Waals surface area contributed by atoms with Gasteiger partial charge >= 0.3 is 0 Å². The second kappa shape index (κ2) is 7.36. The van der Waals surface area contributed by atoms with E-state index in [9.17, 15) is 0 Å². The molecule has 4 heteroatoms. The molecule has 1 aliphatic rings. The van der Waals surface area contributed by atoms with Crippen LogP contribution in [0.5, 0.6) is 5.75 Å². The van der Waals surface area contributed by atoms with Crippen LogP contribution in [0.15, 0.2) is 18.2 Å². The van der Waals surface area contributed by atoms with Gasteiger partial charge in [0.25, 0.3) is 0 Å². The summed E-state index contributed by atoms with van der Waals surface area (Å²) in [7, 11) is 0. The van der Waals surface area contributed by atoms with Crippen LogP contribution < -0.4 is 10.1 Å². The minimum atomic E-state index is -0.297. The molecule has 0 aliphatic carbocycles. The standard InChI is InChI=1S/C15H23NO3/c1-3-17-14(18-4-2)11-19-13-9-5-7-12-8-6-10-16-15(12)13/h5,7,9,14,16H,3-4,6,8,10-11H2,1-2H3. The van der Waals surface area contributed by atoms with Crippen molar-refractivity contribution >= 4 is 5.69 Å². The maximum Gasteiger partial charge on any atom is 0.191 e. The zero-order valence-corrected chi connectivity index (χ0v) is 11.8. The topological polar surface area (TPSA) is 39.7 Å². The smallest absolute Gasteiger partial charge is 0.191 e. The molecule has 0 fully saturated rings. The Morgan fingerprint density at radius 3 is 2.74 bits per heavy atom. The first-order valence-electron chi connectivity index (χ1n) is 7.07. The van der Waals surface area contributed by atoms with Crippen molar-refractivity contribution in [1.29, 1.82) is 0 Å². The van der Waals surface area contributed by atoms with E-state index >= 15 is 0 Å². The number of hydrogen-bond acceptors (Lipinski definition) is 4. The van der Waals surface area contributed by atoms with Gasteiger partial charge in [-0.05, 0) is 38.3 Å². The van der Waals surface area contributed by atoms with Gasteiger partial charge in [0.1, 0.15) is 12.4 Å². The molecule has 19 heavy (non-hydrogen) atoms. The van der Waals surface area contributed by atoms with Gasteiger partial charge in [-0.1, -0.05) is 12.1 Å². The van der Waals surface area contributed by atoms with Gasteiger partial charge in [-0.15, -0.1) is 0 Å². The summed E-state index contributed by atoms with van der Waals surface area (Å²) in [5.41, 5.74) is 2.45. The maximum absolute atomic E-state index is 5.86. The lowest BCUT2D eigenvalue weighted by molar-refractivity contribution is -0.152. The third-order valence-electron chi connectivity index (χ3n) is 3.12. The van der Waals surface area contributed by atoms with Gasteiger partial charge in [0, 0.05) is 19.8 Å². The average Bonchev–Trinajstić information content (AvgIpc) is 2.45. The number of aryl methyl sites for hydroxylation is 1. The number of benzene rings is 1. The molecule has 1 heterocycles. The fraction of sp³-hybridized carbons (Fsp3) is 0.600. The first-order chi connectivity index (χ1) is 9.35. The van der Waals surface area contributed by atoms with E-state index in [2.05, 4.69) is 11.4 Å². The van der Waals surface area contributed by atoms with E-state index < -0.39 is 0 Å². The van der Waals surface area contributed by atoms with Crippen molar-refractivity contribution in [3.8, 4) is 5.75 Å². The van der Waals surface area contributed by atoms with E-state index in [1.165, 1.54) is 12.0 Å². The molecule has 1 aromatic rings. The molecule has 2 rings (SSSR count). The van der Waals surface area contributed by atoms with E-state index in [0.29, 0.717) is 19.8 Å². The summed E-state index contributed by atoms with van der Waals surface area (Å²) < 4.78 is 16.8. The largest absolute Gasteiger partial charge is 0.486 e. The summed E-state index contributed by atoms with van der Waals surface area (Å²) in [5.74, 6) is 0.890. The van der Waals surface area contributed by atoms with E-state index in [4.69, 9.17) is 14.2 Å². The van der Waals surface area contributed by atoms with Gasteiger partial charge in [-0.2, -0.15) is 0 Å². The normalized spacial score (nSPS) is 14.1. The molecule has 1 aliphatic heterocycles. The second-order valence-corrected chi connectivity index (χ2v) is 4.47. The summed E-state index contributed by atoms with van der Waals surface area (Å²) in [4.78, 5) is 0. The van der Waals surface area contributed by atoms with Gasteiger partial charge in [0.05, 0.1) is 5.69 Å². The van der Waals surface area contributed by atoms with Crippen LogP contribution in [0.2, 0.25) is 0 Å². The lowest BCUT2D eigenvalue weighted by atomic mass is 10.0. The molecule has 0 atom stereocenters. The first-order valence-corrected chi connectivity index (χ1v) is 7.07. The fourth-order valence-electron chi connectivity index (χ4n) is 2.27. The van der Waals surface area contributed by atoms with Crippen molar-refractivity contribution in [2.45, 2.75) is 33.0 Å². The SMILES string of the molecule is CCOC(COc1cccc2c1NCCC2)OCC. The summed E-state index contributed by atoms with van der Waals surface area (Å²) in [5, 5.41) is 3.41. The number of ether oxygens (including phenoxy) is 3. The molecule has 0 amide bonds. The highest BCUT2D eigenvalue weighted by atomic mass is 16.7. The van der Waals surface area contributed by atoms with Crippen LogP contribution in [0.25, 0.3) is 0 Å². The molecule has 0 saturated carbocycles. The Labute approximate surface area is 115 Å². The Bertz CT molecular complexity index is 389. The number of para-hydroxylation sites is 1. The highest BCUT2D eigenvalue weighted by Crippen LogP contribution is 2.32. The third-order valence-corrected chi connectivity index (χ3v) is 3.12. The van der Waals surface area contributed by atoms with Crippen LogP contribution in [0.4, 0.5) is 5.69 Å². The number of nitrogens with one attached hydrogen (secondary N) is 1. The number of fused-ring (bicyclic) bond motifs is 1. The monoisotopic (exact) mass is 265 g/mol. The van der Waals surface area contributed by atoms with E-state index in [1.54, 1.807) is 0 Å². The number of hydrogen-bond donors (Lipinski definition) is 1. The minimum Gasteiger partial charge on any atom is -0.486 e. The van der Waals surface area contributed by atoms with E-state index in [1.807, 2.05) is 26.0 Å². The van der Waals surface area contributed by atoms with Crippen molar-refractivity contribution in [2.75, 3.05) is 31.7 Å². The Kier molecular flexibility index (Phi) is 5.48. The molecule has 1 N–H and O–H groups in total. The van der Waals surface area contributed by atoms with Gasteiger partial charge < -0.3 is 19.5 Å². The van der Waals surface area contributed by atoms with E-state index in [-0.39, 0.29) is 6.29 Å². The van der Waals surface area contributed by atoms with Crippen LogP contribution >= 0.6 is 0 Å². The number of anilines is 1. The molecule has 0 aromatic heterocycles. The van der Waals surface area contributed by atoms with Crippen LogP contribution in [0.1, 0.15) is 25.8 Å². The van der Waals surface area contributed by atoms with Gasteiger partial charge in [-0.3, -0.25) is 0 Å². The highest BCUT2D eigenvalue weighted by Gasteiger charge is 2.15. The van der Waals surface area contributed by atoms with Crippen LogP contribution in [-0.2, 0) is 15.9 Å². The fourth-order valence-corrected chi connectivity index (χ4v) is 2.27. The van der Waals surface area contributed by atoms with Crippen molar-refractivity contribution < 1.29 is 14.2 Å². The highest BCUT2D eigenvalue weighted by molar-refractivity contribution is 5.63. The van der Waals surface area contributed by atoms with Crippen molar-refractivity contribution in [1.82, 2.24) is 0 Å². The maximum atomic E-state index is 5.86. The quantitative estimate of drug-likeness (QED) is 0.770. The predicted octanol–water partition coefficient (Wildman–Crippen LogP) is 2.82. The first kappa shape index (κ1) is 14.2. The van der Waals surface area contributed by atoms with Crippen molar-refractivity contribution in [2.24, 2.45) is 0 Å². The Morgan fingerprint density at radius 2 is 2.00 bits per heavy atom. The third kappa shape index (κ3) is 3.85. The summed E-state index contributed by atoms with van der Waals surface area (Å²) in [6.45, 7) is 6.59. The van der Waals surface area contributed by atoms with Gasteiger partial charge in [0.2, 0.25) is 0 Å². The molecule has 4 nitrogen and oxygen atoms in total.